The van der Waals surface area contributed by atoms with E-state index in [4.69, 9.17) is 4.74 Å². The summed E-state index contributed by atoms with van der Waals surface area (Å²) in [4.78, 5) is 24.5. The van der Waals surface area contributed by atoms with Gasteiger partial charge in [0, 0.05) is 5.56 Å². The number of methoxy groups -OCH3 is 1. The molecular formula is C20H23NO3. The number of rotatable bonds is 6. The SMILES string of the molecule is COC(=O)[C@@H](CCc1ccccc1)NC(=O)c1cc(C)cc(C)c1. The summed E-state index contributed by atoms with van der Waals surface area (Å²) in [6.45, 7) is 3.88. The van der Waals surface area contributed by atoms with Gasteiger partial charge in [-0.25, -0.2) is 4.79 Å². The summed E-state index contributed by atoms with van der Waals surface area (Å²) >= 11 is 0. The largest absolute Gasteiger partial charge is 0.467 e. The maximum Gasteiger partial charge on any atom is 0.328 e. The van der Waals surface area contributed by atoms with Crippen molar-refractivity contribution in [3.8, 4) is 0 Å². The van der Waals surface area contributed by atoms with E-state index in [1.54, 1.807) is 0 Å². The molecule has 0 unspecified atom stereocenters. The van der Waals surface area contributed by atoms with Crippen molar-refractivity contribution < 1.29 is 14.3 Å². The number of ether oxygens (including phenoxy) is 1. The lowest BCUT2D eigenvalue weighted by Gasteiger charge is -2.17. The minimum absolute atomic E-state index is 0.259. The fourth-order valence-corrected chi connectivity index (χ4v) is 2.69. The number of carbonyl (C=O) groups excluding carboxylic acids is 2. The van der Waals surface area contributed by atoms with Crippen molar-refractivity contribution in [1.82, 2.24) is 5.32 Å². The Morgan fingerprint density at radius 1 is 1.04 bits per heavy atom. The number of hydrogen-bond donors (Lipinski definition) is 1. The first-order chi connectivity index (χ1) is 11.5. The van der Waals surface area contributed by atoms with Crippen LogP contribution in [0.15, 0.2) is 48.5 Å². The average Bonchev–Trinajstić information content (AvgIpc) is 2.57. The van der Waals surface area contributed by atoms with Gasteiger partial charge >= 0.3 is 5.97 Å². The number of esters is 1. The van der Waals surface area contributed by atoms with E-state index in [2.05, 4.69) is 5.32 Å². The molecule has 2 aromatic rings. The molecule has 0 aliphatic heterocycles. The summed E-state index contributed by atoms with van der Waals surface area (Å²) in [6, 6.07) is 14.8. The van der Waals surface area contributed by atoms with Gasteiger partial charge in [-0.1, -0.05) is 47.5 Å². The van der Waals surface area contributed by atoms with E-state index in [1.807, 2.05) is 62.4 Å². The van der Waals surface area contributed by atoms with Gasteiger partial charge in [-0.05, 0) is 44.4 Å². The maximum atomic E-state index is 12.5. The molecule has 2 rings (SSSR count). The second-order valence-corrected chi connectivity index (χ2v) is 5.95. The maximum absolute atomic E-state index is 12.5. The Morgan fingerprint density at radius 2 is 1.67 bits per heavy atom. The molecule has 0 heterocycles. The molecule has 0 spiro atoms. The van der Waals surface area contributed by atoms with Crippen molar-refractivity contribution in [2.24, 2.45) is 0 Å². The summed E-state index contributed by atoms with van der Waals surface area (Å²) in [7, 11) is 1.33. The lowest BCUT2D eigenvalue weighted by Crippen LogP contribution is -2.41. The molecule has 0 bridgehead atoms. The van der Waals surface area contributed by atoms with E-state index in [-0.39, 0.29) is 5.91 Å². The van der Waals surface area contributed by atoms with Crippen LogP contribution in [0.1, 0.15) is 33.5 Å². The zero-order valence-corrected chi connectivity index (χ0v) is 14.3. The third kappa shape index (κ3) is 4.95. The van der Waals surface area contributed by atoms with Crippen LogP contribution in [0.5, 0.6) is 0 Å². The van der Waals surface area contributed by atoms with Gasteiger partial charge in [0.15, 0.2) is 0 Å². The van der Waals surface area contributed by atoms with Crippen LogP contribution < -0.4 is 5.32 Å². The van der Waals surface area contributed by atoms with Gasteiger partial charge in [0.2, 0.25) is 0 Å². The predicted octanol–water partition coefficient (Wildman–Crippen LogP) is 3.21. The van der Waals surface area contributed by atoms with Gasteiger partial charge < -0.3 is 10.1 Å². The van der Waals surface area contributed by atoms with Crippen LogP contribution >= 0.6 is 0 Å². The zero-order chi connectivity index (χ0) is 17.5. The van der Waals surface area contributed by atoms with E-state index in [9.17, 15) is 9.59 Å². The van der Waals surface area contributed by atoms with Crippen molar-refractivity contribution in [3.05, 3.63) is 70.8 Å². The molecule has 0 saturated heterocycles. The molecule has 0 aliphatic carbocycles. The molecule has 2 aromatic carbocycles. The average molecular weight is 325 g/mol. The van der Waals surface area contributed by atoms with Crippen molar-refractivity contribution in [2.45, 2.75) is 32.7 Å². The van der Waals surface area contributed by atoms with Crippen LogP contribution in [0.2, 0.25) is 0 Å². The van der Waals surface area contributed by atoms with E-state index >= 15 is 0 Å². The fraction of sp³-hybridized carbons (Fsp3) is 0.300. The topological polar surface area (TPSA) is 55.4 Å². The normalized spacial score (nSPS) is 11.6. The Balaban J connectivity index is 2.07. The van der Waals surface area contributed by atoms with Gasteiger partial charge in [-0.2, -0.15) is 0 Å². The molecule has 0 radical (unpaired) electrons. The minimum atomic E-state index is -0.663. The Morgan fingerprint density at radius 3 is 2.25 bits per heavy atom. The molecule has 4 heteroatoms. The lowest BCUT2D eigenvalue weighted by molar-refractivity contribution is -0.143. The summed E-state index contributed by atoms with van der Waals surface area (Å²) in [5.74, 6) is -0.686. The monoisotopic (exact) mass is 325 g/mol. The highest BCUT2D eigenvalue weighted by Crippen LogP contribution is 2.11. The zero-order valence-electron chi connectivity index (χ0n) is 14.3. The van der Waals surface area contributed by atoms with Crippen LogP contribution in [-0.4, -0.2) is 25.0 Å². The summed E-state index contributed by atoms with van der Waals surface area (Å²) in [6.07, 6.45) is 1.18. The van der Waals surface area contributed by atoms with E-state index < -0.39 is 12.0 Å². The molecule has 0 aromatic heterocycles. The number of aryl methyl sites for hydroxylation is 3. The molecule has 24 heavy (non-hydrogen) atoms. The molecule has 1 amide bonds. The van der Waals surface area contributed by atoms with Gasteiger partial charge in [-0.3, -0.25) is 4.79 Å². The molecule has 4 nitrogen and oxygen atoms in total. The van der Waals surface area contributed by atoms with Crippen LogP contribution in [0, 0.1) is 13.8 Å². The van der Waals surface area contributed by atoms with Crippen molar-refractivity contribution in [2.75, 3.05) is 7.11 Å². The molecular weight excluding hydrogens is 302 g/mol. The van der Waals surface area contributed by atoms with Crippen LogP contribution in [0.3, 0.4) is 0 Å². The second kappa shape index (κ2) is 8.29. The third-order valence-electron chi connectivity index (χ3n) is 3.84. The lowest BCUT2D eigenvalue weighted by atomic mass is 10.0. The Kier molecular flexibility index (Phi) is 6.13. The first-order valence-corrected chi connectivity index (χ1v) is 8.00. The molecule has 0 aliphatic rings. The second-order valence-electron chi connectivity index (χ2n) is 5.95. The molecule has 1 atom stereocenters. The third-order valence-corrected chi connectivity index (χ3v) is 3.84. The first kappa shape index (κ1) is 17.7. The number of nitrogens with one attached hydrogen (secondary N) is 1. The highest BCUT2D eigenvalue weighted by molar-refractivity contribution is 5.97. The Bertz CT molecular complexity index is 690. The Hall–Kier alpha value is -2.62. The van der Waals surface area contributed by atoms with Crippen LogP contribution in [0.25, 0.3) is 0 Å². The predicted molar refractivity (Wildman–Crippen MR) is 93.9 cm³/mol. The summed E-state index contributed by atoms with van der Waals surface area (Å²) in [5.41, 5.74) is 3.70. The smallest absolute Gasteiger partial charge is 0.328 e. The Labute approximate surface area is 142 Å². The number of carbonyl (C=O) groups is 2. The minimum Gasteiger partial charge on any atom is -0.467 e. The van der Waals surface area contributed by atoms with Gasteiger partial charge in [0.05, 0.1) is 7.11 Å². The number of hydrogen-bond acceptors (Lipinski definition) is 3. The van der Waals surface area contributed by atoms with Crippen molar-refractivity contribution in [3.63, 3.8) is 0 Å². The number of benzene rings is 2. The van der Waals surface area contributed by atoms with Gasteiger partial charge in [0.1, 0.15) is 6.04 Å². The molecule has 126 valence electrons. The van der Waals surface area contributed by atoms with Crippen LogP contribution in [-0.2, 0) is 16.0 Å². The quantitative estimate of drug-likeness (QED) is 0.830. The van der Waals surface area contributed by atoms with Crippen molar-refractivity contribution in [1.29, 1.82) is 0 Å². The fourth-order valence-electron chi connectivity index (χ4n) is 2.69. The standard InChI is InChI=1S/C20H23NO3/c1-14-11-15(2)13-17(12-14)19(22)21-18(20(23)24-3)10-9-16-7-5-4-6-8-16/h4-8,11-13,18H,9-10H2,1-3H3,(H,21,22)/t18-/m1/s1. The molecule has 0 fully saturated rings. The summed E-state index contributed by atoms with van der Waals surface area (Å²) in [5, 5.41) is 2.80. The van der Waals surface area contributed by atoms with Crippen LogP contribution in [0.4, 0.5) is 0 Å². The van der Waals surface area contributed by atoms with Gasteiger partial charge in [0.25, 0.3) is 5.91 Å². The molecule has 1 N–H and O–H groups in total. The van der Waals surface area contributed by atoms with E-state index in [0.29, 0.717) is 18.4 Å². The highest BCUT2D eigenvalue weighted by atomic mass is 16.5. The van der Waals surface area contributed by atoms with Gasteiger partial charge in [-0.15, -0.1) is 0 Å². The number of amides is 1. The first-order valence-electron chi connectivity index (χ1n) is 8.00. The van der Waals surface area contributed by atoms with Crippen molar-refractivity contribution >= 4 is 11.9 Å². The molecule has 0 saturated carbocycles. The van der Waals surface area contributed by atoms with E-state index in [1.165, 1.54) is 7.11 Å². The highest BCUT2D eigenvalue weighted by Gasteiger charge is 2.22. The summed E-state index contributed by atoms with van der Waals surface area (Å²) < 4.78 is 4.83. The van der Waals surface area contributed by atoms with E-state index in [0.717, 1.165) is 16.7 Å².